The first-order chi connectivity index (χ1) is 15.3. The van der Waals surface area contributed by atoms with Gasteiger partial charge in [0.05, 0.1) is 31.6 Å². The van der Waals surface area contributed by atoms with Crippen molar-refractivity contribution in [1.82, 2.24) is 4.31 Å². The second kappa shape index (κ2) is 10.6. The van der Waals surface area contributed by atoms with Crippen LogP contribution in [-0.4, -0.2) is 64.1 Å². The molecule has 9 nitrogen and oxygen atoms in total. The molecule has 2 aromatic carbocycles. The van der Waals surface area contributed by atoms with Gasteiger partial charge in [0, 0.05) is 18.8 Å². The Morgan fingerprint density at radius 2 is 1.81 bits per heavy atom. The van der Waals surface area contributed by atoms with Gasteiger partial charge >= 0.3 is 5.97 Å². The molecule has 172 valence electrons. The predicted octanol–water partition coefficient (Wildman–Crippen LogP) is 1.83. The minimum Gasteiger partial charge on any atom is -0.497 e. The van der Waals surface area contributed by atoms with Crippen LogP contribution < -0.4 is 10.1 Å². The Kier molecular flexibility index (Phi) is 7.84. The second-order valence-corrected chi connectivity index (χ2v) is 9.13. The number of hydrogen-bond donors (Lipinski definition) is 1. The zero-order valence-corrected chi connectivity index (χ0v) is 18.8. The van der Waals surface area contributed by atoms with E-state index in [0.29, 0.717) is 24.7 Å². The van der Waals surface area contributed by atoms with E-state index in [9.17, 15) is 18.0 Å². The summed E-state index contributed by atoms with van der Waals surface area (Å²) in [4.78, 5) is 24.7. The molecule has 0 spiro atoms. The van der Waals surface area contributed by atoms with E-state index in [1.165, 1.54) is 23.4 Å². The molecule has 0 bridgehead atoms. The van der Waals surface area contributed by atoms with E-state index >= 15 is 0 Å². The van der Waals surface area contributed by atoms with Gasteiger partial charge in [-0.25, -0.2) is 8.42 Å². The largest absolute Gasteiger partial charge is 0.497 e. The standard InChI is InChI=1S/C22H26N2O7S/c1-16(31-21(25)14-17-6-8-19(29-2)9-7-17)22(26)23-18-4-3-5-20(15-18)32(27,28)24-10-12-30-13-11-24/h3-9,15-16H,10-14H2,1-2H3,(H,23,26). The summed E-state index contributed by atoms with van der Waals surface area (Å²) in [5, 5.41) is 2.60. The van der Waals surface area contributed by atoms with Crippen LogP contribution in [0.4, 0.5) is 5.69 Å². The molecule has 1 amide bonds. The number of benzene rings is 2. The molecular formula is C22H26N2O7S. The number of hydrogen-bond acceptors (Lipinski definition) is 7. The number of amides is 1. The van der Waals surface area contributed by atoms with Crippen molar-refractivity contribution in [3.05, 3.63) is 54.1 Å². The molecule has 10 heteroatoms. The van der Waals surface area contributed by atoms with Crippen LogP contribution in [0, 0.1) is 0 Å². The van der Waals surface area contributed by atoms with E-state index < -0.39 is 28.0 Å². The topological polar surface area (TPSA) is 111 Å². The van der Waals surface area contributed by atoms with Crippen molar-refractivity contribution in [1.29, 1.82) is 0 Å². The van der Waals surface area contributed by atoms with Crippen LogP contribution >= 0.6 is 0 Å². The molecule has 1 heterocycles. The van der Waals surface area contributed by atoms with E-state index in [2.05, 4.69) is 5.32 Å². The summed E-state index contributed by atoms with van der Waals surface area (Å²) in [7, 11) is -2.14. The van der Waals surface area contributed by atoms with Crippen LogP contribution in [0.2, 0.25) is 0 Å². The molecule has 0 saturated carbocycles. The fraction of sp³-hybridized carbons (Fsp3) is 0.364. The second-order valence-electron chi connectivity index (χ2n) is 7.19. The lowest BCUT2D eigenvalue weighted by molar-refractivity contribution is -0.152. The first-order valence-corrected chi connectivity index (χ1v) is 11.5. The first-order valence-electron chi connectivity index (χ1n) is 10.1. The molecule has 1 N–H and O–H groups in total. The maximum atomic E-state index is 12.8. The number of carbonyl (C=O) groups is 2. The van der Waals surface area contributed by atoms with E-state index in [4.69, 9.17) is 14.2 Å². The summed E-state index contributed by atoms with van der Waals surface area (Å²) in [6, 6.07) is 12.9. The first kappa shape index (κ1) is 23.7. The maximum absolute atomic E-state index is 12.8. The highest BCUT2D eigenvalue weighted by Crippen LogP contribution is 2.21. The Labute approximate surface area is 187 Å². The van der Waals surface area contributed by atoms with Gasteiger partial charge in [0.15, 0.2) is 6.10 Å². The number of rotatable bonds is 8. The van der Waals surface area contributed by atoms with Crippen LogP contribution in [0.15, 0.2) is 53.4 Å². The van der Waals surface area contributed by atoms with Gasteiger partial charge in [-0.2, -0.15) is 4.31 Å². The van der Waals surface area contributed by atoms with Crippen LogP contribution in [0.5, 0.6) is 5.75 Å². The Morgan fingerprint density at radius 1 is 1.12 bits per heavy atom. The summed E-state index contributed by atoms with van der Waals surface area (Å²) < 4.78 is 42.4. The number of sulfonamides is 1. The zero-order chi connectivity index (χ0) is 23.1. The number of ether oxygens (including phenoxy) is 3. The fourth-order valence-corrected chi connectivity index (χ4v) is 4.57. The molecule has 1 aliphatic heterocycles. The molecule has 2 aromatic rings. The normalized spacial score (nSPS) is 15.6. The lowest BCUT2D eigenvalue weighted by Crippen LogP contribution is -2.40. The quantitative estimate of drug-likeness (QED) is 0.596. The number of morpholine rings is 1. The van der Waals surface area contributed by atoms with Crippen molar-refractivity contribution in [3.8, 4) is 5.75 Å². The minimum absolute atomic E-state index is 0.00882. The van der Waals surface area contributed by atoms with E-state index in [1.54, 1.807) is 43.5 Å². The SMILES string of the molecule is COc1ccc(CC(=O)OC(C)C(=O)Nc2cccc(S(=O)(=O)N3CCOCC3)c2)cc1. The van der Waals surface area contributed by atoms with E-state index in [1.807, 2.05) is 0 Å². The number of carbonyl (C=O) groups excluding carboxylic acids is 2. The van der Waals surface area contributed by atoms with Crippen molar-refractivity contribution in [3.63, 3.8) is 0 Å². The summed E-state index contributed by atoms with van der Waals surface area (Å²) in [5.41, 5.74) is 1.02. The van der Waals surface area contributed by atoms with Gasteiger partial charge in [-0.05, 0) is 42.8 Å². The highest BCUT2D eigenvalue weighted by atomic mass is 32.2. The number of methoxy groups -OCH3 is 1. The molecule has 1 atom stereocenters. The van der Waals surface area contributed by atoms with Crippen LogP contribution in [-0.2, 0) is 35.5 Å². The molecule has 1 fully saturated rings. The van der Waals surface area contributed by atoms with Crippen molar-refractivity contribution in [2.24, 2.45) is 0 Å². The fourth-order valence-electron chi connectivity index (χ4n) is 3.12. The lowest BCUT2D eigenvalue weighted by Gasteiger charge is -2.26. The van der Waals surface area contributed by atoms with Gasteiger partial charge in [-0.1, -0.05) is 18.2 Å². The van der Waals surface area contributed by atoms with Gasteiger partial charge < -0.3 is 19.5 Å². The Morgan fingerprint density at radius 3 is 2.47 bits per heavy atom. The molecule has 3 rings (SSSR count). The van der Waals surface area contributed by atoms with Gasteiger partial charge in [0.2, 0.25) is 10.0 Å². The smallest absolute Gasteiger partial charge is 0.311 e. The zero-order valence-electron chi connectivity index (χ0n) is 17.9. The molecule has 0 radical (unpaired) electrons. The lowest BCUT2D eigenvalue weighted by atomic mass is 10.1. The molecule has 0 aromatic heterocycles. The summed E-state index contributed by atoms with van der Waals surface area (Å²) in [6.45, 7) is 2.69. The van der Waals surface area contributed by atoms with E-state index in [-0.39, 0.29) is 24.4 Å². The summed E-state index contributed by atoms with van der Waals surface area (Å²) >= 11 is 0. The molecular weight excluding hydrogens is 436 g/mol. The molecule has 1 unspecified atom stereocenters. The summed E-state index contributed by atoms with van der Waals surface area (Å²) in [5.74, 6) is -0.441. The Bertz CT molecular complexity index is 1050. The van der Waals surface area contributed by atoms with Crippen LogP contribution in [0.25, 0.3) is 0 Å². The monoisotopic (exact) mass is 462 g/mol. The number of nitrogens with zero attached hydrogens (tertiary/aromatic N) is 1. The van der Waals surface area contributed by atoms with Gasteiger partial charge in [0.25, 0.3) is 5.91 Å². The predicted molar refractivity (Wildman–Crippen MR) is 117 cm³/mol. The highest BCUT2D eigenvalue weighted by molar-refractivity contribution is 7.89. The van der Waals surface area contributed by atoms with Crippen molar-refractivity contribution >= 4 is 27.6 Å². The molecule has 1 aliphatic rings. The summed E-state index contributed by atoms with van der Waals surface area (Å²) in [6.07, 6.45) is -1.05. The van der Waals surface area contributed by atoms with Crippen molar-refractivity contribution in [2.75, 3.05) is 38.7 Å². The minimum atomic E-state index is -3.69. The average molecular weight is 463 g/mol. The molecule has 0 aliphatic carbocycles. The average Bonchev–Trinajstić information content (AvgIpc) is 2.80. The van der Waals surface area contributed by atoms with Crippen molar-refractivity contribution in [2.45, 2.75) is 24.3 Å². The third kappa shape index (κ3) is 6.06. The van der Waals surface area contributed by atoms with Crippen molar-refractivity contribution < 1.29 is 32.2 Å². The number of anilines is 1. The molecule has 32 heavy (non-hydrogen) atoms. The third-order valence-corrected chi connectivity index (χ3v) is 6.79. The highest BCUT2D eigenvalue weighted by Gasteiger charge is 2.27. The Balaban J connectivity index is 1.58. The Hall–Kier alpha value is -2.95. The number of nitrogens with one attached hydrogen (secondary N) is 1. The van der Waals surface area contributed by atoms with Crippen LogP contribution in [0.3, 0.4) is 0 Å². The van der Waals surface area contributed by atoms with Gasteiger partial charge in [0.1, 0.15) is 5.75 Å². The van der Waals surface area contributed by atoms with Crippen LogP contribution in [0.1, 0.15) is 12.5 Å². The van der Waals surface area contributed by atoms with Gasteiger partial charge in [-0.15, -0.1) is 0 Å². The van der Waals surface area contributed by atoms with E-state index in [0.717, 1.165) is 5.56 Å². The maximum Gasteiger partial charge on any atom is 0.311 e. The van der Waals surface area contributed by atoms with Gasteiger partial charge in [-0.3, -0.25) is 9.59 Å². The third-order valence-electron chi connectivity index (χ3n) is 4.89. The number of esters is 1. The molecule has 1 saturated heterocycles.